The first kappa shape index (κ1) is 20.0. The van der Waals surface area contributed by atoms with Crippen molar-refractivity contribution in [3.63, 3.8) is 0 Å². The standard InChI is InChI=1S/C21H22Cl2N4O2/c1-28-18-6-4-17(5-7-18)27-10-8-26(9-11-27)14-21-24-20(25-29-21)12-15-2-3-16(22)13-19(15)23/h2-7,13H,8-12,14H2,1H3. The van der Waals surface area contributed by atoms with Gasteiger partial charge in [-0.2, -0.15) is 4.98 Å². The van der Waals surface area contributed by atoms with Crippen LogP contribution in [0.3, 0.4) is 0 Å². The third-order valence-electron chi connectivity index (χ3n) is 5.04. The molecule has 0 N–H and O–H groups in total. The number of ether oxygens (including phenoxy) is 1. The van der Waals surface area contributed by atoms with E-state index in [-0.39, 0.29) is 0 Å². The fraction of sp³-hybridized carbons (Fsp3) is 0.333. The molecule has 1 fully saturated rings. The van der Waals surface area contributed by atoms with Gasteiger partial charge < -0.3 is 14.2 Å². The lowest BCUT2D eigenvalue weighted by Gasteiger charge is -2.35. The Kier molecular flexibility index (Phi) is 6.23. The quantitative estimate of drug-likeness (QED) is 0.578. The molecule has 0 unspecified atom stereocenters. The molecule has 2 heterocycles. The monoisotopic (exact) mass is 432 g/mol. The highest BCUT2D eigenvalue weighted by molar-refractivity contribution is 6.35. The van der Waals surface area contributed by atoms with Crippen LogP contribution in [0.15, 0.2) is 47.0 Å². The van der Waals surface area contributed by atoms with Crippen LogP contribution in [-0.4, -0.2) is 48.3 Å². The van der Waals surface area contributed by atoms with Gasteiger partial charge >= 0.3 is 0 Å². The third-order valence-corrected chi connectivity index (χ3v) is 5.63. The van der Waals surface area contributed by atoms with E-state index in [9.17, 15) is 0 Å². The number of methoxy groups -OCH3 is 1. The van der Waals surface area contributed by atoms with E-state index in [0.29, 0.717) is 34.7 Å². The van der Waals surface area contributed by atoms with Gasteiger partial charge in [-0.25, -0.2) is 0 Å². The molecule has 0 radical (unpaired) electrons. The fourth-order valence-corrected chi connectivity index (χ4v) is 3.89. The summed E-state index contributed by atoms with van der Waals surface area (Å²) in [4.78, 5) is 9.22. The van der Waals surface area contributed by atoms with Crippen LogP contribution < -0.4 is 9.64 Å². The second-order valence-electron chi connectivity index (χ2n) is 6.98. The minimum absolute atomic E-state index is 0.519. The molecule has 0 atom stereocenters. The van der Waals surface area contributed by atoms with Gasteiger partial charge in [0.15, 0.2) is 5.82 Å². The summed E-state index contributed by atoms with van der Waals surface area (Å²) in [5, 5.41) is 5.31. The summed E-state index contributed by atoms with van der Waals surface area (Å²) in [5.74, 6) is 2.13. The third kappa shape index (κ3) is 5.01. The van der Waals surface area contributed by atoms with E-state index in [0.717, 1.165) is 37.5 Å². The van der Waals surface area contributed by atoms with Crippen molar-refractivity contribution in [1.82, 2.24) is 15.0 Å². The summed E-state index contributed by atoms with van der Waals surface area (Å²) >= 11 is 12.2. The van der Waals surface area contributed by atoms with Gasteiger partial charge in [0, 0.05) is 48.3 Å². The lowest BCUT2D eigenvalue weighted by molar-refractivity contribution is 0.215. The molecular weight excluding hydrogens is 411 g/mol. The Morgan fingerprint density at radius 1 is 1.03 bits per heavy atom. The Balaban J connectivity index is 1.30. The molecule has 1 aromatic heterocycles. The molecule has 0 bridgehead atoms. The number of rotatable bonds is 6. The van der Waals surface area contributed by atoms with Gasteiger partial charge in [-0.1, -0.05) is 34.4 Å². The summed E-state index contributed by atoms with van der Waals surface area (Å²) in [6, 6.07) is 13.6. The zero-order valence-corrected chi connectivity index (χ0v) is 17.7. The minimum Gasteiger partial charge on any atom is -0.497 e. The van der Waals surface area contributed by atoms with Gasteiger partial charge in [0.2, 0.25) is 5.89 Å². The zero-order valence-electron chi connectivity index (χ0n) is 16.1. The smallest absolute Gasteiger partial charge is 0.240 e. The maximum atomic E-state index is 6.23. The van der Waals surface area contributed by atoms with Crippen LogP contribution in [-0.2, 0) is 13.0 Å². The predicted molar refractivity (Wildman–Crippen MR) is 114 cm³/mol. The molecule has 0 saturated carbocycles. The zero-order chi connectivity index (χ0) is 20.2. The first-order valence-corrected chi connectivity index (χ1v) is 10.2. The molecule has 2 aromatic carbocycles. The maximum Gasteiger partial charge on any atom is 0.240 e. The Morgan fingerprint density at radius 3 is 2.48 bits per heavy atom. The van der Waals surface area contributed by atoms with Crippen LogP contribution in [0.2, 0.25) is 10.0 Å². The Hall–Kier alpha value is -2.28. The van der Waals surface area contributed by atoms with Crippen molar-refractivity contribution < 1.29 is 9.26 Å². The Bertz CT molecular complexity index is 954. The van der Waals surface area contributed by atoms with Crippen molar-refractivity contribution in [2.45, 2.75) is 13.0 Å². The van der Waals surface area contributed by atoms with E-state index in [1.807, 2.05) is 24.3 Å². The highest BCUT2D eigenvalue weighted by Gasteiger charge is 2.20. The van der Waals surface area contributed by atoms with Crippen molar-refractivity contribution in [3.8, 4) is 5.75 Å². The van der Waals surface area contributed by atoms with Crippen molar-refractivity contribution >= 4 is 28.9 Å². The second kappa shape index (κ2) is 9.03. The van der Waals surface area contributed by atoms with Gasteiger partial charge in [0.1, 0.15) is 5.75 Å². The average Bonchev–Trinajstić information content (AvgIpc) is 3.18. The molecule has 0 amide bonds. The molecule has 0 spiro atoms. The predicted octanol–water partition coefficient (Wildman–Crippen LogP) is 4.30. The molecule has 6 nitrogen and oxygen atoms in total. The van der Waals surface area contributed by atoms with Gasteiger partial charge in [0.05, 0.1) is 13.7 Å². The number of halogens is 2. The summed E-state index contributed by atoms with van der Waals surface area (Å²) in [7, 11) is 1.68. The van der Waals surface area contributed by atoms with E-state index >= 15 is 0 Å². The molecule has 3 aromatic rings. The largest absolute Gasteiger partial charge is 0.497 e. The number of nitrogens with zero attached hydrogens (tertiary/aromatic N) is 4. The number of hydrogen-bond donors (Lipinski definition) is 0. The minimum atomic E-state index is 0.519. The highest BCUT2D eigenvalue weighted by Crippen LogP contribution is 2.23. The topological polar surface area (TPSA) is 54.6 Å². The molecule has 1 aliphatic heterocycles. The normalized spacial score (nSPS) is 14.9. The summed E-state index contributed by atoms with van der Waals surface area (Å²) in [6.45, 7) is 4.43. The van der Waals surface area contributed by atoms with Gasteiger partial charge in [-0.15, -0.1) is 0 Å². The second-order valence-corrected chi connectivity index (χ2v) is 7.82. The SMILES string of the molecule is COc1ccc(N2CCN(Cc3nc(Cc4ccc(Cl)cc4Cl)no3)CC2)cc1. The number of piperazine rings is 1. The Morgan fingerprint density at radius 2 is 1.79 bits per heavy atom. The van der Waals surface area contributed by atoms with E-state index in [4.69, 9.17) is 32.5 Å². The van der Waals surface area contributed by atoms with Crippen molar-refractivity contribution in [2.24, 2.45) is 0 Å². The molecular formula is C21H22Cl2N4O2. The lowest BCUT2D eigenvalue weighted by atomic mass is 10.1. The van der Waals surface area contributed by atoms with Crippen molar-refractivity contribution in [2.75, 3.05) is 38.2 Å². The van der Waals surface area contributed by atoms with Gasteiger partial charge in [0.25, 0.3) is 0 Å². The summed E-state index contributed by atoms with van der Waals surface area (Å²) in [5.41, 5.74) is 2.14. The van der Waals surface area contributed by atoms with Crippen LogP contribution in [0, 0.1) is 0 Å². The molecule has 8 heteroatoms. The number of hydrogen-bond acceptors (Lipinski definition) is 6. The van der Waals surface area contributed by atoms with Gasteiger partial charge in [-0.3, -0.25) is 4.90 Å². The molecule has 4 rings (SSSR count). The lowest BCUT2D eigenvalue weighted by Crippen LogP contribution is -2.46. The molecule has 29 heavy (non-hydrogen) atoms. The van der Waals surface area contributed by atoms with Gasteiger partial charge in [-0.05, 0) is 42.0 Å². The van der Waals surface area contributed by atoms with Crippen molar-refractivity contribution in [3.05, 3.63) is 69.8 Å². The molecule has 1 saturated heterocycles. The van der Waals surface area contributed by atoms with E-state index in [1.165, 1.54) is 5.69 Å². The molecule has 152 valence electrons. The van der Waals surface area contributed by atoms with Crippen LogP contribution >= 0.6 is 23.2 Å². The Labute approximate surface area is 180 Å². The number of anilines is 1. The first-order chi connectivity index (χ1) is 14.1. The van der Waals surface area contributed by atoms with Crippen LogP contribution in [0.25, 0.3) is 0 Å². The van der Waals surface area contributed by atoms with E-state index in [2.05, 4.69) is 32.1 Å². The molecule has 1 aliphatic rings. The first-order valence-electron chi connectivity index (χ1n) is 9.47. The van der Waals surface area contributed by atoms with Crippen LogP contribution in [0.1, 0.15) is 17.3 Å². The van der Waals surface area contributed by atoms with Crippen molar-refractivity contribution in [1.29, 1.82) is 0 Å². The highest BCUT2D eigenvalue weighted by atomic mass is 35.5. The van der Waals surface area contributed by atoms with E-state index in [1.54, 1.807) is 13.2 Å². The number of benzene rings is 2. The van der Waals surface area contributed by atoms with Crippen LogP contribution in [0.4, 0.5) is 5.69 Å². The number of aromatic nitrogens is 2. The molecule has 0 aliphatic carbocycles. The van der Waals surface area contributed by atoms with E-state index < -0.39 is 0 Å². The summed E-state index contributed by atoms with van der Waals surface area (Å²) in [6.07, 6.45) is 0.519. The maximum absolute atomic E-state index is 6.23. The van der Waals surface area contributed by atoms with Crippen LogP contribution in [0.5, 0.6) is 5.75 Å². The summed E-state index contributed by atoms with van der Waals surface area (Å²) < 4.78 is 10.7. The fourth-order valence-electron chi connectivity index (χ4n) is 3.41. The average molecular weight is 433 g/mol.